The van der Waals surface area contributed by atoms with Crippen molar-refractivity contribution in [1.82, 2.24) is 0 Å². The largest absolute Gasteiger partial charge is 0.322 e. The molecule has 1 amide bonds. The standard InChI is InChI=1S/C15H13FN2O3/c1-9-3-5-12(16)8-13(9)17-15(19)11-4-6-14(18(20)21)10(2)7-11/h3-8H,1-2H3,(H,17,19). The van der Waals surface area contributed by atoms with Crippen molar-refractivity contribution in [3.63, 3.8) is 0 Å². The van der Waals surface area contributed by atoms with Gasteiger partial charge in [0.15, 0.2) is 0 Å². The molecule has 21 heavy (non-hydrogen) atoms. The zero-order chi connectivity index (χ0) is 15.6. The lowest BCUT2D eigenvalue weighted by atomic mass is 10.1. The van der Waals surface area contributed by atoms with Gasteiger partial charge in [-0.15, -0.1) is 0 Å². The van der Waals surface area contributed by atoms with Gasteiger partial charge in [0.05, 0.1) is 4.92 Å². The number of aryl methyl sites for hydroxylation is 2. The smallest absolute Gasteiger partial charge is 0.272 e. The maximum atomic E-state index is 13.2. The van der Waals surface area contributed by atoms with E-state index in [-0.39, 0.29) is 11.3 Å². The summed E-state index contributed by atoms with van der Waals surface area (Å²) in [5, 5.41) is 13.3. The van der Waals surface area contributed by atoms with Crippen LogP contribution in [0.5, 0.6) is 0 Å². The average molecular weight is 288 g/mol. The predicted octanol–water partition coefficient (Wildman–Crippen LogP) is 3.60. The summed E-state index contributed by atoms with van der Waals surface area (Å²) < 4.78 is 13.2. The Kier molecular flexibility index (Phi) is 3.98. The first-order valence-corrected chi connectivity index (χ1v) is 6.21. The number of carbonyl (C=O) groups excluding carboxylic acids is 1. The van der Waals surface area contributed by atoms with Crippen LogP contribution in [-0.2, 0) is 0 Å². The second-order valence-electron chi connectivity index (χ2n) is 4.67. The van der Waals surface area contributed by atoms with Crippen LogP contribution in [0.15, 0.2) is 36.4 Å². The second kappa shape index (κ2) is 5.70. The van der Waals surface area contributed by atoms with Crippen LogP contribution in [0.2, 0.25) is 0 Å². The molecule has 2 aromatic rings. The van der Waals surface area contributed by atoms with Gasteiger partial charge in [0.2, 0.25) is 0 Å². The van der Waals surface area contributed by atoms with Crippen molar-refractivity contribution in [1.29, 1.82) is 0 Å². The number of nitrogens with zero attached hydrogens (tertiary/aromatic N) is 1. The third kappa shape index (κ3) is 3.22. The normalized spacial score (nSPS) is 10.2. The molecule has 0 heterocycles. The molecule has 2 aromatic carbocycles. The molecule has 0 aliphatic heterocycles. The number of nitro benzene ring substituents is 1. The molecule has 0 bridgehead atoms. The Labute approximate surface area is 120 Å². The molecular weight excluding hydrogens is 275 g/mol. The Bertz CT molecular complexity index is 729. The summed E-state index contributed by atoms with van der Waals surface area (Å²) in [7, 11) is 0. The SMILES string of the molecule is Cc1ccc(F)cc1NC(=O)c1ccc([N+](=O)[O-])c(C)c1. The first-order valence-electron chi connectivity index (χ1n) is 6.21. The third-order valence-corrected chi connectivity index (χ3v) is 3.10. The fourth-order valence-electron chi connectivity index (χ4n) is 1.92. The number of rotatable bonds is 3. The Morgan fingerprint density at radius 3 is 2.48 bits per heavy atom. The van der Waals surface area contributed by atoms with Crippen molar-refractivity contribution in [3.8, 4) is 0 Å². The van der Waals surface area contributed by atoms with Crippen molar-refractivity contribution >= 4 is 17.3 Å². The number of halogens is 1. The van der Waals surface area contributed by atoms with Gasteiger partial charge >= 0.3 is 0 Å². The van der Waals surface area contributed by atoms with E-state index in [2.05, 4.69) is 5.32 Å². The summed E-state index contributed by atoms with van der Waals surface area (Å²) in [5.74, 6) is -0.891. The number of benzene rings is 2. The highest BCUT2D eigenvalue weighted by atomic mass is 19.1. The summed E-state index contributed by atoms with van der Waals surface area (Å²) in [6.07, 6.45) is 0. The van der Waals surface area contributed by atoms with Gasteiger partial charge in [-0.3, -0.25) is 14.9 Å². The molecule has 0 unspecified atom stereocenters. The molecule has 0 fully saturated rings. The molecule has 5 nitrogen and oxygen atoms in total. The lowest BCUT2D eigenvalue weighted by molar-refractivity contribution is -0.385. The topological polar surface area (TPSA) is 72.2 Å². The number of hydrogen-bond acceptors (Lipinski definition) is 3. The fraction of sp³-hybridized carbons (Fsp3) is 0.133. The number of nitrogens with one attached hydrogen (secondary N) is 1. The van der Waals surface area contributed by atoms with E-state index < -0.39 is 16.6 Å². The summed E-state index contributed by atoms with van der Waals surface area (Å²) in [6, 6.07) is 8.18. The predicted molar refractivity (Wildman–Crippen MR) is 76.9 cm³/mol. The fourth-order valence-corrected chi connectivity index (χ4v) is 1.92. The summed E-state index contributed by atoms with van der Waals surface area (Å²) in [4.78, 5) is 22.3. The lowest BCUT2D eigenvalue weighted by Crippen LogP contribution is -2.13. The molecule has 0 radical (unpaired) electrons. The minimum atomic E-state index is -0.506. The average Bonchev–Trinajstić information content (AvgIpc) is 2.42. The molecule has 0 atom stereocenters. The molecule has 0 saturated carbocycles. The van der Waals surface area contributed by atoms with E-state index in [1.807, 2.05) is 0 Å². The van der Waals surface area contributed by atoms with Crippen molar-refractivity contribution in [2.24, 2.45) is 0 Å². The van der Waals surface area contributed by atoms with Crippen molar-refractivity contribution < 1.29 is 14.1 Å². The molecule has 0 aliphatic carbocycles. The van der Waals surface area contributed by atoms with Crippen LogP contribution >= 0.6 is 0 Å². The Morgan fingerprint density at radius 1 is 1.14 bits per heavy atom. The van der Waals surface area contributed by atoms with E-state index in [9.17, 15) is 19.3 Å². The Morgan fingerprint density at radius 2 is 1.86 bits per heavy atom. The monoisotopic (exact) mass is 288 g/mol. The zero-order valence-electron chi connectivity index (χ0n) is 11.5. The molecule has 0 aromatic heterocycles. The quantitative estimate of drug-likeness (QED) is 0.692. The van der Waals surface area contributed by atoms with E-state index >= 15 is 0 Å². The van der Waals surface area contributed by atoms with Gasteiger partial charge in [-0.25, -0.2) is 4.39 Å². The number of anilines is 1. The lowest BCUT2D eigenvalue weighted by Gasteiger charge is -2.09. The molecule has 0 saturated heterocycles. The van der Waals surface area contributed by atoms with Crippen LogP contribution in [0.25, 0.3) is 0 Å². The summed E-state index contributed by atoms with van der Waals surface area (Å²) in [6.45, 7) is 3.30. The highest BCUT2D eigenvalue weighted by Crippen LogP contribution is 2.21. The van der Waals surface area contributed by atoms with E-state index in [1.54, 1.807) is 19.9 Å². The first-order chi connectivity index (χ1) is 9.88. The van der Waals surface area contributed by atoms with Crippen LogP contribution in [0.4, 0.5) is 15.8 Å². The van der Waals surface area contributed by atoms with Gasteiger partial charge in [0.25, 0.3) is 11.6 Å². The van der Waals surface area contributed by atoms with Crippen LogP contribution in [0, 0.1) is 29.8 Å². The van der Waals surface area contributed by atoms with Crippen LogP contribution in [0.1, 0.15) is 21.5 Å². The molecule has 2 rings (SSSR count). The van der Waals surface area contributed by atoms with Crippen LogP contribution < -0.4 is 5.32 Å². The number of nitro groups is 1. The van der Waals surface area contributed by atoms with Gasteiger partial charge in [0, 0.05) is 22.9 Å². The van der Waals surface area contributed by atoms with Crippen molar-refractivity contribution in [2.75, 3.05) is 5.32 Å². The zero-order valence-corrected chi connectivity index (χ0v) is 11.5. The van der Waals surface area contributed by atoms with E-state index in [0.29, 0.717) is 11.3 Å². The molecule has 6 heteroatoms. The minimum Gasteiger partial charge on any atom is -0.322 e. The highest BCUT2D eigenvalue weighted by molar-refractivity contribution is 6.04. The minimum absolute atomic E-state index is 0.0477. The molecule has 0 aliphatic rings. The van der Waals surface area contributed by atoms with Crippen LogP contribution in [0.3, 0.4) is 0 Å². The molecule has 1 N–H and O–H groups in total. The molecular formula is C15H13FN2O3. The van der Waals surface area contributed by atoms with E-state index in [0.717, 1.165) is 5.56 Å². The first kappa shape index (κ1) is 14.6. The molecule has 0 spiro atoms. The van der Waals surface area contributed by atoms with Gasteiger partial charge in [-0.2, -0.15) is 0 Å². The number of carbonyl (C=O) groups is 1. The van der Waals surface area contributed by atoms with E-state index in [4.69, 9.17) is 0 Å². The summed E-state index contributed by atoms with van der Waals surface area (Å²) >= 11 is 0. The maximum absolute atomic E-state index is 13.2. The van der Waals surface area contributed by atoms with Gasteiger partial charge in [0.1, 0.15) is 5.82 Å². The highest BCUT2D eigenvalue weighted by Gasteiger charge is 2.14. The van der Waals surface area contributed by atoms with Crippen LogP contribution in [-0.4, -0.2) is 10.8 Å². The van der Waals surface area contributed by atoms with Gasteiger partial charge < -0.3 is 5.32 Å². The van der Waals surface area contributed by atoms with Gasteiger partial charge in [-0.1, -0.05) is 6.07 Å². The number of hydrogen-bond donors (Lipinski definition) is 1. The third-order valence-electron chi connectivity index (χ3n) is 3.10. The van der Waals surface area contributed by atoms with Crippen molar-refractivity contribution in [2.45, 2.75) is 13.8 Å². The number of amides is 1. The maximum Gasteiger partial charge on any atom is 0.272 e. The Hall–Kier alpha value is -2.76. The van der Waals surface area contributed by atoms with Gasteiger partial charge in [-0.05, 0) is 43.7 Å². The van der Waals surface area contributed by atoms with Crippen molar-refractivity contribution in [3.05, 3.63) is 69.0 Å². The second-order valence-corrected chi connectivity index (χ2v) is 4.67. The Balaban J connectivity index is 2.26. The van der Waals surface area contributed by atoms with E-state index in [1.165, 1.54) is 30.3 Å². The molecule has 108 valence electrons. The summed E-state index contributed by atoms with van der Waals surface area (Å²) in [5.41, 5.74) is 1.72.